The largest absolute Gasteiger partial charge is 0.393 e. The van der Waals surface area contributed by atoms with E-state index in [1.807, 2.05) is 19.1 Å². The molecule has 0 saturated heterocycles. The maximum absolute atomic E-state index is 11.9. The molecule has 3 nitrogen and oxygen atoms in total. The first kappa shape index (κ1) is 13.8. The Morgan fingerprint density at radius 3 is 2.38 bits per heavy atom. The summed E-state index contributed by atoms with van der Waals surface area (Å²) in [7, 11) is -1.30. The molecule has 0 amide bonds. The summed E-state index contributed by atoms with van der Waals surface area (Å²) < 4.78 is 11.9. The smallest absolute Gasteiger partial charge is 0.109 e. The Kier molecular flexibility index (Phi) is 5.11. The van der Waals surface area contributed by atoms with Gasteiger partial charge in [-0.05, 0) is 19.1 Å². The van der Waals surface area contributed by atoms with E-state index in [-0.39, 0.29) is 11.1 Å². The summed E-state index contributed by atoms with van der Waals surface area (Å²) in [6, 6.07) is 7.30. The van der Waals surface area contributed by atoms with Gasteiger partial charge in [0.05, 0.1) is 23.2 Å². The van der Waals surface area contributed by atoms with Gasteiger partial charge in [0.15, 0.2) is 0 Å². The summed E-state index contributed by atoms with van der Waals surface area (Å²) in [4.78, 5) is 0.665. The molecule has 1 unspecified atom stereocenters. The van der Waals surface area contributed by atoms with Gasteiger partial charge in [-0.1, -0.05) is 33.6 Å². The Bertz CT molecular complexity index is 360. The lowest BCUT2D eigenvalue weighted by Crippen LogP contribution is -2.41. The van der Waals surface area contributed by atoms with E-state index in [4.69, 9.17) is 5.11 Å². The third-order valence-corrected chi connectivity index (χ3v) is 4.87. The summed E-state index contributed by atoms with van der Waals surface area (Å²) in [6.07, 6.45) is 0. The van der Waals surface area contributed by atoms with Crippen LogP contribution in [0.15, 0.2) is 29.2 Å². The first-order valence-electron chi connectivity index (χ1n) is 4.85. The van der Waals surface area contributed by atoms with E-state index in [2.05, 4.69) is 15.9 Å². The van der Waals surface area contributed by atoms with Gasteiger partial charge in [0.25, 0.3) is 0 Å². The number of halogens is 1. The molecule has 0 heterocycles. The van der Waals surface area contributed by atoms with Crippen LogP contribution in [-0.4, -0.2) is 37.7 Å². The molecular weight excluding hydrogens is 292 g/mol. The molecule has 2 N–H and O–H groups in total. The highest BCUT2D eigenvalue weighted by Gasteiger charge is 2.27. The summed E-state index contributed by atoms with van der Waals surface area (Å²) >= 11 is 3.10. The van der Waals surface area contributed by atoms with Gasteiger partial charge < -0.3 is 10.2 Å². The number of hydrogen-bond acceptors (Lipinski definition) is 3. The second-order valence-corrected chi connectivity index (χ2v) is 5.83. The summed E-state index contributed by atoms with van der Waals surface area (Å²) in [5.74, 6) is 0.0256. The van der Waals surface area contributed by atoms with Gasteiger partial charge in [-0.25, -0.2) is 0 Å². The second-order valence-electron chi connectivity index (χ2n) is 3.82. The molecule has 5 heteroatoms. The van der Waals surface area contributed by atoms with Crippen LogP contribution in [0.4, 0.5) is 0 Å². The third kappa shape index (κ3) is 3.66. The van der Waals surface area contributed by atoms with Crippen molar-refractivity contribution in [3.05, 3.63) is 29.8 Å². The zero-order valence-corrected chi connectivity index (χ0v) is 11.4. The molecule has 0 aromatic heterocycles. The highest BCUT2D eigenvalue weighted by atomic mass is 79.9. The van der Waals surface area contributed by atoms with Crippen molar-refractivity contribution in [1.82, 2.24) is 0 Å². The molecule has 0 bridgehead atoms. The summed E-state index contributed by atoms with van der Waals surface area (Å²) in [5, 5.41) is 19.0. The first-order valence-corrected chi connectivity index (χ1v) is 7.29. The van der Waals surface area contributed by atoms with E-state index in [0.29, 0.717) is 4.90 Å². The monoisotopic (exact) mass is 306 g/mol. The van der Waals surface area contributed by atoms with Gasteiger partial charge in [0, 0.05) is 10.2 Å². The Labute approximate surface area is 106 Å². The minimum Gasteiger partial charge on any atom is -0.393 e. The van der Waals surface area contributed by atoms with Crippen molar-refractivity contribution in [1.29, 1.82) is 0 Å². The van der Waals surface area contributed by atoms with Crippen LogP contribution in [0.25, 0.3) is 0 Å². The van der Waals surface area contributed by atoms with Gasteiger partial charge in [-0.3, -0.25) is 4.21 Å². The van der Waals surface area contributed by atoms with Gasteiger partial charge in [0.2, 0.25) is 0 Å². The Balaban J connectivity index is 2.76. The van der Waals surface area contributed by atoms with Crippen LogP contribution in [0.3, 0.4) is 0 Å². The van der Waals surface area contributed by atoms with Crippen LogP contribution in [0.1, 0.15) is 5.56 Å². The fourth-order valence-corrected chi connectivity index (χ4v) is 3.07. The van der Waals surface area contributed by atoms with E-state index in [9.17, 15) is 9.32 Å². The van der Waals surface area contributed by atoms with Crippen molar-refractivity contribution in [2.45, 2.75) is 17.4 Å². The van der Waals surface area contributed by atoms with E-state index in [1.165, 1.54) is 0 Å². The molecule has 90 valence electrons. The molecule has 1 rings (SSSR count). The van der Waals surface area contributed by atoms with Crippen LogP contribution in [-0.2, 0) is 10.8 Å². The zero-order chi connectivity index (χ0) is 12.2. The van der Waals surface area contributed by atoms with Crippen molar-refractivity contribution in [3.8, 4) is 0 Å². The Morgan fingerprint density at radius 1 is 1.38 bits per heavy atom. The van der Waals surface area contributed by atoms with E-state index in [0.717, 1.165) is 5.56 Å². The van der Waals surface area contributed by atoms with Crippen LogP contribution < -0.4 is 0 Å². The summed E-state index contributed by atoms with van der Waals surface area (Å²) in [5.41, 5.74) is -0.228. The molecule has 1 aromatic rings. The van der Waals surface area contributed by atoms with E-state index >= 15 is 0 Å². The second kappa shape index (κ2) is 5.91. The van der Waals surface area contributed by atoms with Crippen molar-refractivity contribution >= 4 is 26.7 Å². The lowest BCUT2D eigenvalue weighted by atomic mass is 10.2. The van der Waals surface area contributed by atoms with Crippen molar-refractivity contribution in [3.63, 3.8) is 0 Å². The lowest BCUT2D eigenvalue weighted by Gasteiger charge is -2.22. The fraction of sp³-hybridized carbons (Fsp3) is 0.455. The highest BCUT2D eigenvalue weighted by Crippen LogP contribution is 2.15. The van der Waals surface area contributed by atoms with Crippen molar-refractivity contribution < 1.29 is 14.4 Å². The predicted molar refractivity (Wildman–Crippen MR) is 68.3 cm³/mol. The normalized spacial score (nSPS) is 16.8. The average molecular weight is 307 g/mol. The number of benzene rings is 1. The highest BCUT2D eigenvalue weighted by molar-refractivity contribution is 9.09. The molecule has 2 atom stereocenters. The molecule has 1 aromatic carbocycles. The number of alkyl halides is 1. The molecule has 0 aliphatic carbocycles. The maximum atomic E-state index is 11.9. The number of aliphatic hydroxyl groups excluding tert-OH is 1. The van der Waals surface area contributed by atoms with Gasteiger partial charge in [-0.15, -0.1) is 0 Å². The SMILES string of the molecule is Cc1ccc(S(=O)C[C@](O)(CO)CBr)cc1. The molecule has 16 heavy (non-hydrogen) atoms. The average Bonchev–Trinajstić information content (AvgIpc) is 2.29. The molecule has 0 aliphatic heterocycles. The van der Waals surface area contributed by atoms with Crippen molar-refractivity contribution in [2.75, 3.05) is 17.7 Å². The molecule has 0 spiro atoms. The number of hydrogen-bond donors (Lipinski definition) is 2. The lowest BCUT2D eigenvalue weighted by molar-refractivity contribution is 0.0270. The van der Waals surface area contributed by atoms with Crippen LogP contribution in [0.2, 0.25) is 0 Å². The van der Waals surface area contributed by atoms with Gasteiger partial charge in [0.1, 0.15) is 5.60 Å². The molecule has 0 saturated carbocycles. The van der Waals surface area contributed by atoms with Gasteiger partial charge in [-0.2, -0.15) is 0 Å². The Hall–Kier alpha value is -0.230. The van der Waals surface area contributed by atoms with Crippen LogP contribution in [0.5, 0.6) is 0 Å². The predicted octanol–water partition coefficient (Wildman–Crippen LogP) is 1.22. The Morgan fingerprint density at radius 2 is 1.94 bits per heavy atom. The van der Waals surface area contributed by atoms with E-state index in [1.54, 1.807) is 12.1 Å². The molecule has 0 aliphatic rings. The zero-order valence-electron chi connectivity index (χ0n) is 9.02. The summed E-state index contributed by atoms with van der Waals surface area (Å²) in [6.45, 7) is 1.55. The third-order valence-electron chi connectivity index (χ3n) is 2.23. The quantitative estimate of drug-likeness (QED) is 0.804. The number of aliphatic hydroxyl groups is 2. The van der Waals surface area contributed by atoms with Gasteiger partial charge >= 0.3 is 0 Å². The molecule has 0 fully saturated rings. The minimum atomic E-state index is -1.32. The standard InChI is InChI=1S/C11H15BrO3S/c1-9-2-4-10(5-3-9)16(15)8-11(14,6-12)7-13/h2-5,13-14H,6-8H2,1H3/t11-,16?/m1/s1. The molecular formula is C11H15BrO3S. The number of aryl methyl sites for hydroxylation is 1. The van der Waals surface area contributed by atoms with E-state index < -0.39 is 23.0 Å². The maximum Gasteiger partial charge on any atom is 0.109 e. The van der Waals surface area contributed by atoms with Crippen LogP contribution >= 0.6 is 15.9 Å². The topological polar surface area (TPSA) is 57.5 Å². The molecule has 0 radical (unpaired) electrons. The minimum absolute atomic E-state index is 0.0256. The fourth-order valence-electron chi connectivity index (χ4n) is 1.14. The van der Waals surface area contributed by atoms with Crippen molar-refractivity contribution in [2.24, 2.45) is 0 Å². The number of rotatable bonds is 5. The van der Waals surface area contributed by atoms with Crippen LogP contribution in [0, 0.1) is 6.92 Å². The first-order chi connectivity index (χ1) is 7.50.